The van der Waals surface area contributed by atoms with E-state index in [0.717, 1.165) is 59.4 Å². The predicted octanol–water partition coefficient (Wildman–Crippen LogP) is 4.23. The zero-order valence-electron chi connectivity index (χ0n) is 19.0. The Morgan fingerprint density at radius 3 is 2.45 bits per heavy atom. The summed E-state index contributed by atoms with van der Waals surface area (Å²) in [5, 5.41) is 16.9. The van der Waals surface area contributed by atoms with Gasteiger partial charge in [-0.25, -0.2) is 0 Å². The number of nitrogens with zero attached hydrogens (tertiary/aromatic N) is 4. The maximum Gasteiger partial charge on any atom is 0.241 e. The normalized spacial score (nSPS) is 15.2. The topological polar surface area (TPSA) is 74.9 Å². The van der Waals surface area contributed by atoms with E-state index in [1.54, 1.807) is 13.2 Å². The van der Waals surface area contributed by atoms with E-state index in [4.69, 9.17) is 9.26 Å². The van der Waals surface area contributed by atoms with Gasteiger partial charge < -0.3 is 14.4 Å². The maximum absolute atomic E-state index is 10.6. The standard InChI is InChI=1S/C26H28N4O3/c1-18-5-3-4-6-21(18)26-27-25(33-28-26)17-30-13-11-29(12-14-30)16-23-22-15-20(32-2)9-7-19(22)8-10-24(23)31/h3-10,15,31H,11-14,16-17H2,1-2H3. The molecule has 5 rings (SSSR count). The smallest absolute Gasteiger partial charge is 0.241 e. The number of aryl methyl sites for hydroxylation is 1. The highest BCUT2D eigenvalue weighted by Crippen LogP contribution is 2.31. The minimum atomic E-state index is 0.327. The Labute approximate surface area is 193 Å². The van der Waals surface area contributed by atoms with Crippen molar-refractivity contribution in [3.63, 3.8) is 0 Å². The van der Waals surface area contributed by atoms with E-state index >= 15 is 0 Å². The van der Waals surface area contributed by atoms with Crippen LogP contribution in [-0.4, -0.2) is 58.3 Å². The van der Waals surface area contributed by atoms with Gasteiger partial charge in [0.05, 0.1) is 13.7 Å². The van der Waals surface area contributed by atoms with E-state index < -0.39 is 0 Å². The average Bonchev–Trinajstić information content (AvgIpc) is 3.30. The molecule has 0 atom stereocenters. The van der Waals surface area contributed by atoms with Crippen molar-refractivity contribution in [3.05, 3.63) is 71.6 Å². The van der Waals surface area contributed by atoms with Crippen molar-refractivity contribution in [1.82, 2.24) is 19.9 Å². The first-order chi connectivity index (χ1) is 16.1. The number of fused-ring (bicyclic) bond motifs is 1. The molecule has 1 aliphatic heterocycles. The van der Waals surface area contributed by atoms with E-state index in [-0.39, 0.29) is 0 Å². The molecule has 7 nitrogen and oxygen atoms in total. The molecule has 0 bridgehead atoms. The van der Waals surface area contributed by atoms with Crippen LogP contribution in [0.15, 0.2) is 59.1 Å². The van der Waals surface area contributed by atoms with Crippen molar-refractivity contribution in [3.8, 4) is 22.9 Å². The number of benzene rings is 3. The van der Waals surface area contributed by atoms with Gasteiger partial charge in [0.15, 0.2) is 0 Å². The monoisotopic (exact) mass is 444 g/mol. The quantitative estimate of drug-likeness (QED) is 0.477. The van der Waals surface area contributed by atoms with Crippen LogP contribution in [-0.2, 0) is 13.1 Å². The lowest BCUT2D eigenvalue weighted by Gasteiger charge is -2.34. The minimum absolute atomic E-state index is 0.327. The first-order valence-corrected chi connectivity index (χ1v) is 11.2. The highest BCUT2D eigenvalue weighted by atomic mass is 16.5. The molecule has 1 saturated heterocycles. The molecular weight excluding hydrogens is 416 g/mol. The molecule has 1 N–H and O–H groups in total. The summed E-state index contributed by atoms with van der Waals surface area (Å²) in [6.07, 6.45) is 0. The number of phenolic OH excluding ortho intramolecular Hbond substituents is 1. The van der Waals surface area contributed by atoms with E-state index in [9.17, 15) is 5.11 Å². The van der Waals surface area contributed by atoms with E-state index in [2.05, 4.69) is 32.9 Å². The Morgan fingerprint density at radius 2 is 1.70 bits per heavy atom. The van der Waals surface area contributed by atoms with Gasteiger partial charge in [0.25, 0.3) is 0 Å². The molecule has 170 valence electrons. The van der Waals surface area contributed by atoms with Crippen LogP contribution in [0.3, 0.4) is 0 Å². The van der Waals surface area contributed by atoms with Crippen LogP contribution in [0.5, 0.6) is 11.5 Å². The van der Waals surface area contributed by atoms with Crippen molar-refractivity contribution in [1.29, 1.82) is 0 Å². The van der Waals surface area contributed by atoms with Gasteiger partial charge in [-0.3, -0.25) is 9.80 Å². The molecule has 7 heteroatoms. The SMILES string of the molecule is COc1ccc2ccc(O)c(CN3CCN(Cc4nc(-c5ccccc5C)no4)CC3)c2c1. The summed E-state index contributed by atoms with van der Waals surface area (Å²) >= 11 is 0. The number of aromatic nitrogens is 2. The van der Waals surface area contributed by atoms with E-state index in [1.807, 2.05) is 42.5 Å². The first kappa shape index (κ1) is 21.4. The van der Waals surface area contributed by atoms with Gasteiger partial charge in [0.1, 0.15) is 11.5 Å². The summed E-state index contributed by atoms with van der Waals surface area (Å²) in [5.41, 5.74) is 3.08. The molecule has 1 aliphatic rings. The molecule has 2 heterocycles. The van der Waals surface area contributed by atoms with Crippen LogP contribution in [0.25, 0.3) is 22.2 Å². The summed E-state index contributed by atoms with van der Waals surface area (Å²) in [7, 11) is 1.66. The number of aromatic hydroxyl groups is 1. The van der Waals surface area contributed by atoms with Gasteiger partial charge in [-0.1, -0.05) is 41.6 Å². The predicted molar refractivity (Wildman–Crippen MR) is 127 cm³/mol. The molecule has 33 heavy (non-hydrogen) atoms. The number of ether oxygens (including phenoxy) is 1. The fourth-order valence-electron chi connectivity index (χ4n) is 4.42. The molecule has 0 aliphatic carbocycles. The number of hydrogen-bond acceptors (Lipinski definition) is 7. The van der Waals surface area contributed by atoms with Gasteiger partial charge >= 0.3 is 0 Å². The van der Waals surface area contributed by atoms with Crippen LogP contribution in [0.2, 0.25) is 0 Å². The lowest BCUT2D eigenvalue weighted by atomic mass is 10.0. The van der Waals surface area contributed by atoms with Crippen LogP contribution in [0.1, 0.15) is 17.0 Å². The Morgan fingerprint density at radius 1 is 0.970 bits per heavy atom. The van der Waals surface area contributed by atoms with E-state index in [1.165, 1.54) is 0 Å². The molecule has 0 radical (unpaired) electrons. The summed E-state index contributed by atoms with van der Waals surface area (Å²) in [6.45, 7) is 6.99. The largest absolute Gasteiger partial charge is 0.508 e. The second-order valence-electron chi connectivity index (χ2n) is 8.53. The van der Waals surface area contributed by atoms with Crippen LogP contribution < -0.4 is 4.74 Å². The Kier molecular flexibility index (Phi) is 5.98. The Bertz CT molecular complexity index is 1260. The van der Waals surface area contributed by atoms with Gasteiger partial charge in [0.2, 0.25) is 11.7 Å². The summed E-state index contributed by atoms with van der Waals surface area (Å²) in [6, 6.07) is 17.8. The van der Waals surface area contributed by atoms with Gasteiger partial charge in [0, 0.05) is 43.9 Å². The van der Waals surface area contributed by atoms with Crippen molar-refractivity contribution in [2.24, 2.45) is 0 Å². The molecule has 0 amide bonds. The van der Waals surface area contributed by atoms with Crippen molar-refractivity contribution >= 4 is 10.8 Å². The number of methoxy groups -OCH3 is 1. The Balaban J connectivity index is 1.23. The highest BCUT2D eigenvalue weighted by molar-refractivity contribution is 5.89. The third-order valence-electron chi connectivity index (χ3n) is 6.38. The molecule has 0 spiro atoms. The summed E-state index contributed by atoms with van der Waals surface area (Å²) in [5.74, 6) is 2.40. The van der Waals surface area contributed by atoms with Crippen LogP contribution >= 0.6 is 0 Å². The molecule has 0 saturated carbocycles. The summed E-state index contributed by atoms with van der Waals surface area (Å²) < 4.78 is 10.9. The fourth-order valence-corrected chi connectivity index (χ4v) is 4.42. The van der Waals surface area contributed by atoms with Crippen LogP contribution in [0.4, 0.5) is 0 Å². The molecule has 1 aromatic heterocycles. The zero-order chi connectivity index (χ0) is 22.8. The van der Waals surface area contributed by atoms with E-state index in [0.29, 0.717) is 30.6 Å². The third kappa shape index (κ3) is 4.55. The van der Waals surface area contributed by atoms with Gasteiger partial charge in [-0.2, -0.15) is 4.98 Å². The number of hydrogen-bond donors (Lipinski definition) is 1. The number of phenols is 1. The van der Waals surface area contributed by atoms with Crippen molar-refractivity contribution in [2.75, 3.05) is 33.3 Å². The number of piperazine rings is 1. The van der Waals surface area contributed by atoms with Gasteiger partial charge in [-0.15, -0.1) is 0 Å². The van der Waals surface area contributed by atoms with Crippen molar-refractivity contribution < 1.29 is 14.4 Å². The minimum Gasteiger partial charge on any atom is -0.508 e. The first-order valence-electron chi connectivity index (χ1n) is 11.2. The second kappa shape index (κ2) is 9.21. The highest BCUT2D eigenvalue weighted by Gasteiger charge is 2.21. The van der Waals surface area contributed by atoms with Crippen molar-refractivity contribution in [2.45, 2.75) is 20.0 Å². The average molecular weight is 445 g/mol. The number of rotatable bonds is 6. The summed E-state index contributed by atoms with van der Waals surface area (Å²) in [4.78, 5) is 9.31. The Hall–Kier alpha value is -3.42. The molecule has 1 fully saturated rings. The molecule has 0 unspecified atom stereocenters. The molecule has 4 aromatic rings. The third-order valence-corrected chi connectivity index (χ3v) is 6.38. The fraction of sp³-hybridized carbons (Fsp3) is 0.308. The van der Waals surface area contributed by atoms with Crippen LogP contribution in [0, 0.1) is 6.92 Å². The van der Waals surface area contributed by atoms with Gasteiger partial charge in [-0.05, 0) is 41.5 Å². The zero-order valence-corrected chi connectivity index (χ0v) is 19.0. The molecule has 3 aromatic carbocycles. The maximum atomic E-state index is 10.6. The molecular formula is C26H28N4O3. The second-order valence-corrected chi connectivity index (χ2v) is 8.53. The lowest BCUT2D eigenvalue weighted by Crippen LogP contribution is -2.45. The lowest BCUT2D eigenvalue weighted by molar-refractivity contribution is 0.112.